The lowest BCUT2D eigenvalue weighted by Gasteiger charge is -2.05. The van der Waals surface area contributed by atoms with Gasteiger partial charge in [-0.1, -0.05) is 15.9 Å². The van der Waals surface area contributed by atoms with Crippen molar-refractivity contribution in [3.63, 3.8) is 0 Å². The molecule has 2 aromatic rings. The van der Waals surface area contributed by atoms with Crippen molar-refractivity contribution < 1.29 is 4.21 Å². The summed E-state index contributed by atoms with van der Waals surface area (Å²) >= 11 is 3.31. The summed E-state index contributed by atoms with van der Waals surface area (Å²) in [5.74, 6) is 0.820. The molecule has 0 saturated heterocycles. The second kappa shape index (κ2) is 5.37. The van der Waals surface area contributed by atoms with Crippen molar-refractivity contribution in [1.82, 2.24) is 9.97 Å². The average Bonchev–Trinajstić information content (AvgIpc) is 2.30. The predicted molar refractivity (Wildman–Crippen MR) is 70.7 cm³/mol. The number of aromatic nitrogens is 2. The molecule has 0 aliphatic heterocycles. The molecule has 0 bridgehead atoms. The first kappa shape index (κ1) is 12.2. The third kappa shape index (κ3) is 3.10. The lowest BCUT2D eigenvalue weighted by atomic mass is 10.3. The Bertz CT molecular complexity index is 548. The van der Waals surface area contributed by atoms with Crippen LogP contribution >= 0.6 is 15.9 Å². The van der Waals surface area contributed by atoms with E-state index in [-0.39, 0.29) is 5.75 Å². The van der Waals surface area contributed by atoms with Gasteiger partial charge in [-0.25, -0.2) is 9.97 Å². The van der Waals surface area contributed by atoms with Gasteiger partial charge in [-0.3, -0.25) is 4.21 Å². The van der Waals surface area contributed by atoms with Gasteiger partial charge in [0.15, 0.2) is 0 Å². The van der Waals surface area contributed by atoms with Crippen molar-refractivity contribution >= 4 is 32.4 Å². The molecule has 0 radical (unpaired) electrons. The molecular weight excluding hydrogens is 302 g/mol. The number of halogens is 1. The third-order valence-corrected chi connectivity index (χ3v) is 3.97. The number of benzene rings is 1. The van der Waals surface area contributed by atoms with Crippen LogP contribution < -0.4 is 5.73 Å². The van der Waals surface area contributed by atoms with Gasteiger partial charge >= 0.3 is 0 Å². The molecule has 0 fully saturated rings. The number of nitrogen functional groups attached to an aromatic ring is 1. The standard InChI is InChI=1S/C11H10BrN3OS/c12-8-2-3-10(9(13)6-8)17(16)7-11-14-4-1-5-15-11/h1-6H,7,13H2. The van der Waals surface area contributed by atoms with Gasteiger partial charge in [0, 0.05) is 22.6 Å². The third-order valence-electron chi connectivity index (χ3n) is 2.10. The van der Waals surface area contributed by atoms with E-state index in [9.17, 15) is 4.21 Å². The van der Waals surface area contributed by atoms with Crippen molar-refractivity contribution in [3.05, 3.63) is 47.0 Å². The molecule has 0 spiro atoms. The molecule has 0 amide bonds. The first-order valence-electron chi connectivity index (χ1n) is 4.86. The summed E-state index contributed by atoms with van der Waals surface area (Å²) in [5, 5.41) is 0. The second-order valence-electron chi connectivity index (χ2n) is 3.34. The highest BCUT2D eigenvalue weighted by molar-refractivity contribution is 9.10. The van der Waals surface area contributed by atoms with Crippen LogP contribution in [-0.4, -0.2) is 14.2 Å². The maximum absolute atomic E-state index is 12.1. The molecule has 0 saturated carbocycles. The lowest BCUT2D eigenvalue weighted by molar-refractivity contribution is 0.681. The number of nitrogens with zero attached hydrogens (tertiary/aromatic N) is 2. The van der Waals surface area contributed by atoms with Crippen molar-refractivity contribution in [3.8, 4) is 0 Å². The molecule has 2 rings (SSSR count). The summed E-state index contributed by atoms with van der Waals surface area (Å²) in [4.78, 5) is 8.69. The van der Waals surface area contributed by atoms with Gasteiger partial charge in [-0.15, -0.1) is 0 Å². The van der Waals surface area contributed by atoms with Crippen LogP contribution in [0.3, 0.4) is 0 Å². The summed E-state index contributed by atoms with van der Waals surface area (Å²) in [6.45, 7) is 0. The largest absolute Gasteiger partial charge is 0.398 e. The van der Waals surface area contributed by atoms with E-state index in [1.807, 2.05) is 6.07 Å². The molecule has 1 aromatic carbocycles. The maximum Gasteiger partial charge on any atom is 0.141 e. The van der Waals surface area contributed by atoms with Crippen LogP contribution in [0.4, 0.5) is 5.69 Å². The van der Waals surface area contributed by atoms with E-state index in [2.05, 4.69) is 25.9 Å². The van der Waals surface area contributed by atoms with E-state index in [0.29, 0.717) is 16.4 Å². The van der Waals surface area contributed by atoms with E-state index in [0.717, 1.165) is 4.47 Å². The van der Waals surface area contributed by atoms with Gasteiger partial charge < -0.3 is 5.73 Å². The van der Waals surface area contributed by atoms with Gasteiger partial charge in [0.25, 0.3) is 0 Å². The molecule has 17 heavy (non-hydrogen) atoms. The van der Waals surface area contributed by atoms with Crippen molar-refractivity contribution in [2.45, 2.75) is 10.6 Å². The zero-order valence-electron chi connectivity index (χ0n) is 8.84. The second-order valence-corrected chi connectivity index (χ2v) is 5.67. The molecule has 4 nitrogen and oxygen atoms in total. The van der Waals surface area contributed by atoms with Crippen LogP contribution in [-0.2, 0) is 16.6 Å². The van der Waals surface area contributed by atoms with Gasteiger partial charge in [0.1, 0.15) is 5.82 Å². The Morgan fingerprint density at radius 2 is 2.00 bits per heavy atom. The van der Waals surface area contributed by atoms with E-state index in [1.165, 1.54) is 0 Å². The Morgan fingerprint density at radius 1 is 1.29 bits per heavy atom. The van der Waals surface area contributed by atoms with Crippen LogP contribution in [0.1, 0.15) is 5.82 Å². The molecule has 0 aliphatic rings. The minimum Gasteiger partial charge on any atom is -0.398 e. The average molecular weight is 312 g/mol. The van der Waals surface area contributed by atoms with E-state index in [1.54, 1.807) is 30.6 Å². The Balaban J connectivity index is 2.21. The molecule has 1 unspecified atom stereocenters. The fraction of sp³-hybridized carbons (Fsp3) is 0.0909. The molecule has 1 heterocycles. The van der Waals surface area contributed by atoms with Gasteiger partial charge in [0.2, 0.25) is 0 Å². The summed E-state index contributed by atoms with van der Waals surface area (Å²) < 4.78 is 12.9. The monoisotopic (exact) mass is 311 g/mol. The highest BCUT2D eigenvalue weighted by Gasteiger charge is 2.10. The minimum absolute atomic E-state index is 0.271. The summed E-state index contributed by atoms with van der Waals surface area (Å²) in [5.41, 5.74) is 6.32. The van der Waals surface area contributed by atoms with Crippen LogP contribution in [0.15, 0.2) is 46.0 Å². The number of rotatable bonds is 3. The van der Waals surface area contributed by atoms with Crippen LogP contribution in [0, 0.1) is 0 Å². The van der Waals surface area contributed by atoms with E-state index < -0.39 is 10.8 Å². The van der Waals surface area contributed by atoms with Crippen molar-refractivity contribution in [2.24, 2.45) is 0 Å². The number of nitrogens with two attached hydrogens (primary N) is 1. The van der Waals surface area contributed by atoms with Crippen molar-refractivity contribution in [1.29, 1.82) is 0 Å². The molecule has 1 atom stereocenters. The van der Waals surface area contributed by atoms with Gasteiger partial charge in [0.05, 0.1) is 21.4 Å². The quantitative estimate of drug-likeness (QED) is 0.882. The Labute approximate surface area is 110 Å². The zero-order chi connectivity index (χ0) is 12.3. The summed E-state index contributed by atoms with van der Waals surface area (Å²) in [6, 6.07) is 7.02. The Kier molecular flexibility index (Phi) is 3.86. The molecule has 88 valence electrons. The van der Waals surface area contributed by atoms with Gasteiger partial charge in [-0.2, -0.15) is 0 Å². The topological polar surface area (TPSA) is 68.9 Å². The first-order chi connectivity index (χ1) is 8.16. The normalized spacial score (nSPS) is 12.3. The molecular formula is C11H10BrN3OS. The fourth-order valence-electron chi connectivity index (χ4n) is 1.33. The maximum atomic E-state index is 12.1. The number of hydrogen-bond donors (Lipinski definition) is 1. The highest BCUT2D eigenvalue weighted by Crippen LogP contribution is 2.22. The highest BCUT2D eigenvalue weighted by atomic mass is 79.9. The molecule has 6 heteroatoms. The van der Waals surface area contributed by atoms with Crippen LogP contribution in [0.5, 0.6) is 0 Å². The zero-order valence-corrected chi connectivity index (χ0v) is 11.2. The summed E-state index contributed by atoms with van der Waals surface area (Å²) in [7, 11) is -1.23. The molecule has 0 aliphatic carbocycles. The number of anilines is 1. The van der Waals surface area contributed by atoms with Crippen molar-refractivity contribution in [2.75, 3.05) is 5.73 Å². The lowest BCUT2D eigenvalue weighted by Crippen LogP contribution is -2.03. The van der Waals surface area contributed by atoms with E-state index in [4.69, 9.17) is 5.73 Å². The van der Waals surface area contributed by atoms with E-state index >= 15 is 0 Å². The minimum atomic E-state index is -1.23. The number of hydrogen-bond acceptors (Lipinski definition) is 4. The summed E-state index contributed by atoms with van der Waals surface area (Å²) in [6.07, 6.45) is 3.26. The first-order valence-corrected chi connectivity index (χ1v) is 6.97. The Morgan fingerprint density at radius 3 is 2.65 bits per heavy atom. The van der Waals surface area contributed by atoms with Gasteiger partial charge in [-0.05, 0) is 24.3 Å². The van der Waals surface area contributed by atoms with Crippen LogP contribution in [0.25, 0.3) is 0 Å². The SMILES string of the molecule is Nc1cc(Br)ccc1S(=O)Cc1ncccn1. The fourth-order valence-corrected chi connectivity index (χ4v) is 2.79. The molecule has 2 N–H and O–H groups in total. The Hall–Kier alpha value is -1.27. The predicted octanol–water partition coefficient (Wildman–Crippen LogP) is 2.13. The smallest absolute Gasteiger partial charge is 0.141 e. The van der Waals surface area contributed by atoms with Crippen LogP contribution in [0.2, 0.25) is 0 Å². The molecule has 1 aromatic heterocycles.